The molecule has 13 heavy (non-hydrogen) atoms. The molecule has 0 saturated heterocycles. The van der Waals surface area contributed by atoms with Crippen LogP contribution in [-0.4, -0.2) is 16.5 Å². The summed E-state index contributed by atoms with van der Waals surface area (Å²) in [5, 5.41) is 9.12. The molecule has 0 fully saturated rings. The van der Waals surface area contributed by atoms with Crippen LogP contribution in [0.15, 0.2) is 22.8 Å². The molecule has 1 aromatic rings. The molecule has 1 N–H and O–H groups in total. The Kier molecular flexibility index (Phi) is 2.83. The van der Waals surface area contributed by atoms with Crippen LogP contribution in [0.3, 0.4) is 0 Å². The van der Waals surface area contributed by atoms with E-state index in [1.54, 1.807) is 12.1 Å². The van der Waals surface area contributed by atoms with Crippen LogP contribution in [0.4, 0.5) is 0 Å². The number of carbonyl (C=O) groups is 1. The molecular formula is C9H12O3S. The summed E-state index contributed by atoms with van der Waals surface area (Å²) >= 11 is 4.14. The van der Waals surface area contributed by atoms with E-state index in [2.05, 4.69) is 12.6 Å². The molecule has 0 bridgehead atoms. The lowest BCUT2D eigenvalue weighted by molar-refractivity contribution is -0.133. The Morgan fingerprint density at radius 3 is 2.77 bits per heavy atom. The molecule has 0 spiro atoms. The molecule has 3 nitrogen and oxygen atoms in total. The molecule has 0 radical (unpaired) electrons. The monoisotopic (exact) mass is 200 g/mol. The van der Waals surface area contributed by atoms with Gasteiger partial charge in [-0.2, -0.15) is 12.6 Å². The second-order valence-electron chi connectivity index (χ2n) is 3.12. The lowest BCUT2D eigenvalue weighted by Gasteiger charge is -2.24. The molecule has 1 heterocycles. The van der Waals surface area contributed by atoms with E-state index >= 15 is 0 Å². The SMILES string of the molecule is CC(=O)C(C)(O)C(S)c1ccco1. The van der Waals surface area contributed by atoms with Crippen LogP contribution >= 0.6 is 12.6 Å². The highest BCUT2D eigenvalue weighted by molar-refractivity contribution is 7.80. The van der Waals surface area contributed by atoms with Crippen molar-refractivity contribution in [3.8, 4) is 0 Å². The van der Waals surface area contributed by atoms with Gasteiger partial charge in [0.05, 0.1) is 11.5 Å². The van der Waals surface area contributed by atoms with Crippen molar-refractivity contribution in [3.63, 3.8) is 0 Å². The summed E-state index contributed by atoms with van der Waals surface area (Å²) in [5.41, 5.74) is -1.49. The molecule has 0 aromatic carbocycles. The Morgan fingerprint density at radius 1 is 1.77 bits per heavy atom. The van der Waals surface area contributed by atoms with Gasteiger partial charge in [-0.3, -0.25) is 4.79 Å². The Bertz CT molecular complexity index is 290. The fourth-order valence-electron chi connectivity index (χ4n) is 0.916. The van der Waals surface area contributed by atoms with Gasteiger partial charge in [-0.15, -0.1) is 0 Å². The quantitative estimate of drug-likeness (QED) is 0.728. The summed E-state index contributed by atoms with van der Waals surface area (Å²) in [7, 11) is 0. The maximum Gasteiger partial charge on any atom is 0.162 e. The number of ketones is 1. The number of hydrogen-bond donors (Lipinski definition) is 2. The van der Waals surface area contributed by atoms with Crippen LogP contribution in [0.1, 0.15) is 24.9 Å². The number of hydrogen-bond acceptors (Lipinski definition) is 4. The number of Topliss-reactive ketones (excluding diaryl/α,β-unsaturated/α-hetero) is 1. The first-order valence-electron chi connectivity index (χ1n) is 3.91. The van der Waals surface area contributed by atoms with E-state index < -0.39 is 10.9 Å². The maximum absolute atomic E-state index is 11.1. The van der Waals surface area contributed by atoms with Gasteiger partial charge in [0.25, 0.3) is 0 Å². The van der Waals surface area contributed by atoms with Gasteiger partial charge in [-0.1, -0.05) is 0 Å². The molecule has 0 aliphatic heterocycles. The summed E-state index contributed by atoms with van der Waals surface area (Å²) in [6.07, 6.45) is 1.48. The van der Waals surface area contributed by atoms with Crippen LogP contribution in [0, 0.1) is 0 Å². The molecule has 0 aliphatic carbocycles. The largest absolute Gasteiger partial charge is 0.468 e. The number of aliphatic hydroxyl groups is 1. The summed E-state index contributed by atoms with van der Waals surface area (Å²) in [6.45, 7) is 2.75. The second kappa shape index (κ2) is 3.55. The van der Waals surface area contributed by atoms with E-state index in [0.717, 1.165) is 0 Å². The maximum atomic E-state index is 11.1. The Labute approximate surface area is 82.2 Å². The van der Waals surface area contributed by atoms with Crippen LogP contribution in [-0.2, 0) is 4.79 Å². The van der Waals surface area contributed by atoms with E-state index in [4.69, 9.17) is 4.42 Å². The van der Waals surface area contributed by atoms with Crippen molar-refractivity contribution in [1.82, 2.24) is 0 Å². The predicted molar refractivity (Wildman–Crippen MR) is 51.7 cm³/mol. The zero-order valence-electron chi connectivity index (χ0n) is 7.52. The number of carbonyl (C=O) groups excluding carboxylic acids is 1. The van der Waals surface area contributed by atoms with E-state index in [1.807, 2.05) is 0 Å². The molecule has 72 valence electrons. The van der Waals surface area contributed by atoms with Crippen molar-refractivity contribution in [2.45, 2.75) is 24.7 Å². The molecule has 2 atom stereocenters. The van der Waals surface area contributed by atoms with Crippen molar-refractivity contribution in [1.29, 1.82) is 0 Å². The van der Waals surface area contributed by atoms with Crippen molar-refractivity contribution in [2.24, 2.45) is 0 Å². The molecule has 1 aromatic heterocycles. The van der Waals surface area contributed by atoms with Gasteiger partial charge in [-0.05, 0) is 26.0 Å². The van der Waals surface area contributed by atoms with Crippen molar-refractivity contribution in [2.75, 3.05) is 0 Å². The first kappa shape index (κ1) is 10.3. The minimum absolute atomic E-state index is 0.330. The van der Waals surface area contributed by atoms with Gasteiger partial charge in [-0.25, -0.2) is 0 Å². The van der Waals surface area contributed by atoms with Crippen molar-refractivity contribution in [3.05, 3.63) is 24.2 Å². The van der Waals surface area contributed by atoms with Gasteiger partial charge in [0, 0.05) is 0 Å². The molecule has 4 heteroatoms. The van der Waals surface area contributed by atoms with Crippen LogP contribution in [0.5, 0.6) is 0 Å². The third-order valence-electron chi connectivity index (χ3n) is 2.06. The zero-order chi connectivity index (χ0) is 10.1. The highest BCUT2D eigenvalue weighted by Crippen LogP contribution is 2.32. The predicted octanol–water partition coefficient (Wildman–Crippen LogP) is 1.59. The van der Waals surface area contributed by atoms with Crippen LogP contribution < -0.4 is 0 Å². The standard InChI is InChI=1S/C9H12O3S/c1-6(10)9(2,11)8(13)7-4-3-5-12-7/h3-5,8,11,13H,1-2H3. The van der Waals surface area contributed by atoms with E-state index in [-0.39, 0.29) is 5.78 Å². The smallest absolute Gasteiger partial charge is 0.162 e. The third-order valence-corrected chi connectivity index (χ3v) is 2.82. The lowest BCUT2D eigenvalue weighted by atomic mass is 9.96. The van der Waals surface area contributed by atoms with Crippen LogP contribution in [0.25, 0.3) is 0 Å². The Morgan fingerprint density at radius 2 is 2.38 bits per heavy atom. The van der Waals surface area contributed by atoms with Gasteiger partial charge in [0.1, 0.15) is 11.4 Å². The first-order valence-corrected chi connectivity index (χ1v) is 4.42. The van der Waals surface area contributed by atoms with Gasteiger partial charge in [0.15, 0.2) is 5.78 Å². The van der Waals surface area contributed by atoms with E-state index in [9.17, 15) is 9.90 Å². The van der Waals surface area contributed by atoms with Crippen molar-refractivity contribution < 1.29 is 14.3 Å². The number of thiol groups is 1. The molecule has 2 unspecified atom stereocenters. The molecule has 0 amide bonds. The van der Waals surface area contributed by atoms with Gasteiger partial charge in [0.2, 0.25) is 0 Å². The average molecular weight is 200 g/mol. The Hall–Kier alpha value is -0.740. The van der Waals surface area contributed by atoms with Crippen molar-refractivity contribution >= 4 is 18.4 Å². The molecular weight excluding hydrogens is 188 g/mol. The topological polar surface area (TPSA) is 50.4 Å². The second-order valence-corrected chi connectivity index (χ2v) is 3.64. The zero-order valence-corrected chi connectivity index (χ0v) is 8.41. The summed E-state index contributed by atoms with van der Waals surface area (Å²) in [4.78, 5) is 11.1. The summed E-state index contributed by atoms with van der Waals surface area (Å²) in [5.74, 6) is 0.160. The van der Waals surface area contributed by atoms with E-state index in [1.165, 1.54) is 20.1 Å². The highest BCUT2D eigenvalue weighted by atomic mass is 32.1. The normalized spacial score (nSPS) is 17.8. The fraction of sp³-hybridized carbons (Fsp3) is 0.444. The minimum atomic E-state index is -1.49. The van der Waals surface area contributed by atoms with Crippen LogP contribution in [0.2, 0.25) is 0 Å². The Balaban J connectivity index is 2.90. The van der Waals surface area contributed by atoms with Gasteiger partial charge < -0.3 is 9.52 Å². The lowest BCUT2D eigenvalue weighted by Crippen LogP contribution is -2.37. The van der Waals surface area contributed by atoms with E-state index in [0.29, 0.717) is 5.76 Å². The number of rotatable bonds is 3. The molecule has 0 aliphatic rings. The summed E-state index contributed by atoms with van der Waals surface area (Å²) in [6, 6.07) is 3.36. The fourth-order valence-corrected chi connectivity index (χ4v) is 1.25. The minimum Gasteiger partial charge on any atom is -0.468 e. The first-order chi connectivity index (χ1) is 5.96. The molecule has 1 rings (SSSR count). The van der Waals surface area contributed by atoms with Gasteiger partial charge >= 0.3 is 0 Å². The number of furan rings is 1. The molecule has 0 saturated carbocycles. The third kappa shape index (κ3) is 1.95. The summed E-state index contributed by atoms with van der Waals surface area (Å²) < 4.78 is 5.04. The average Bonchev–Trinajstić information content (AvgIpc) is 2.54. The highest BCUT2D eigenvalue weighted by Gasteiger charge is 2.36.